The molecule has 0 aliphatic heterocycles. The van der Waals surface area contributed by atoms with E-state index in [-0.39, 0.29) is 6.61 Å². The van der Waals surface area contributed by atoms with Crippen LogP contribution in [-0.4, -0.2) is 46.5 Å². The first-order valence-electron chi connectivity index (χ1n) is 7.56. The van der Waals surface area contributed by atoms with E-state index < -0.39 is 18.0 Å². The van der Waals surface area contributed by atoms with Crippen LogP contribution in [0.1, 0.15) is 11.3 Å². The summed E-state index contributed by atoms with van der Waals surface area (Å²) < 4.78 is 10.7. The molecule has 8 nitrogen and oxygen atoms in total. The Bertz CT molecular complexity index is 691. The molecule has 1 aromatic carbocycles. The van der Waals surface area contributed by atoms with Crippen LogP contribution in [0, 0.1) is 6.92 Å². The zero-order chi connectivity index (χ0) is 19.5. The van der Waals surface area contributed by atoms with Gasteiger partial charge in [-0.1, -0.05) is 11.6 Å². The average Bonchev–Trinajstić information content (AvgIpc) is 3.10. The lowest BCUT2D eigenvalue weighted by atomic mass is 10.2. The summed E-state index contributed by atoms with van der Waals surface area (Å²) >= 11 is 5.94. The number of carboxylic acids is 2. The minimum Gasteiger partial charge on any atom is -0.491 e. The zero-order valence-corrected chi connectivity index (χ0v) is 14.8. The van der Waals surface area contributed by atoms with Gasteiger partial charge in [-0.2, -0.15) is 0 Å². The van der Waals surface area contributed by atoms with Crippen molar-refractivity contribution in [3.63, 3.8) is 0 Å². The lowest BCUT2D eigenvalue weighted by Crippen LogP contribution is -2.31. The summed E-state index contributed by atoms with van der Waals surface area (Å²) in [6, 6.07) is 9.14. The number of carboxylic acid groups (broad SMARTS) is 2. The maximum Gasteiger partial charge on any atom is 0.414 e. The predicted molar refractivity (Wildman–Crippen MR) is 93.4 cm³/mol. The van der Waals surface area contributed by atoms with E-state index in [0.717, 1.165) is 11.3 Å². The van der Waals surface area contributed by atoms with Crippen LogP contribution in [0.2, 0.25) is 5.02 Å². The topological polar surface area (TPSA) is 129 Å². The van der Waals surface area contributed by atoms with Crippen molar-refractivity contribution in [1.29, 1.82) is 0 Å². The molecular formula is C17H20ClNO7. The number of furan rings is 1. The van der Waals surface area contributed by atoms with Gasteiger partial charge >= 0.3 is 11.9 Å². The number of rotatable bonds is 7. The standard InChI is InChI=1S/C15H18ClNO3.C2H2O4/c1-11-7-13(4-5-15(11)16)20-10-12(18)8-17-9-14-3-2-6-19-14;3-1(4)2(5)6/h2-7,12,17-18H,8-10H2,1H3;(H,3,4)(H,5,6). The first kappa shape index (κ1) is 21.5. The van der Waals surface area contributed by atoms with Gasteiger partial charge in [-0.05, 0) is 42.8 Å². The van der Waals surface area contributed by atoms with Gasteiger partial charge in [-0.3, -0.25) is 0 Å². The third-order valence-electron chi connectivity index (χ3n) is 3.01. The number of carbonyl (C=O) groups is 2. The summed E-state index contributed by atoms with van der Waals surface area (Å²) in [6.07, 6.45) is 1.04. The van der Waals surface area contributed by atoms with Gasteiger partial charge in [0.2, 0.25) is 0 Å². The fourth-order valence-electron chi connectivity index (χ4n) is 1.73. The van der Waals surface area contributed by atoms with Gasteiger partial charge in [0.15, 0.2) is 0 Å². The third-order valence-corrected chi connectivity index (χ3v) is 3.44. The third kappa shape index (κ3) is 8.52. The van der Waals surface area contributed by atoms with Crippen molar-refractivity contribution in [2.24, 2.45) is 0 Å². The van der Waals surface area contributed by atoms with Crippen LogP contribution in [0.4, 0.5) is 0 Å². The molecule has 0 bridgehead atoms. The second-order valence-corrected chi connectivity index (χ2v) is 5.60. The first-order valence-corrected chi connectivity index (χ1v) is 7.93. The van der Waals surface area contributed by atoms with Crippen molar-refractivity contribution in [2.75, 3.05) is 13.2 Å². The molecular weight excluding hydrogens is 366 g/mol. The Morgan fingerprint density at radius 1 is 1.27 bits per heavy atom. The van der Waals surface area contributed by atoms with Crippen molar-refractivity contribution in [3.8, 4) is 5.75 Å². The molecule has 9 heteroatoms. The lowest BCUT2D eigenvalue weighted by molar-refractivity contribution is -0.159. The summed E-state index contributed by atoms with van der Waals surface area (Å²) in [6.45, 7) is 3.17. The number of aliphatic hydroxyl groups is 1. The Labute approximate surface area is 155 Å². The smallest absolute Gasteiger partial charge is 0.414 e. The number of hydrogen-bond acceptors (Lipinski definition) is 6. The maximum atomic E-state index is 9.82. The molecule has 0 saturated heterocycles. The van der Waals surface area contributed by atoms with Gasteiger partial charge in [0.1, 0.15) is 24.2 Å². The molecule has 4 N–H and O–H groups in total. The highest BCUT2D eigenvalue weighted by Gasteiger charge is 2.06. The van der Waals surface area contributed by atoms with Crippen LogP contribution in [0.3, 0.4) is 0 Å². The SMILES string of the molecule is Cc1cc(OCC(O)CNCc2ccco2)ccc1Cl.O=C(O)C(=O)O. The molecule has 0 fully saturated rings. The molecule has 1 atom stereocenters. The molecule has 0 saturated carbocycles. The highest BCUT2D eigenvalue weighted by molar-refractivity contribution is 6.31. The molecule has 2 aromatic rings. The number of halogens is 1. The number of aliphatic carboxylic acids is 2. The summed E-state index contributed by atoms with van der Waals surface area (Å²) in [5, 5.41) is 28.4. The van der Waals surface area contributed by atoms with Crippen molar-refractivity contribution < 1.29 is 34.1 Å². The van der Waals surface area contributed by atoms with Crippen LogP contribution < -0.4 is 10.1 Å². The van der Waals surface area contributed by atoms with Crippen LogP contribution in [0.15, 0.2) is 41.0 Å². The molecule has 0 spiro atoms. The monoisotopic (exact) mass is 385 g/mol. The zero-order valence-electron chi connectivity index (χ0n) is 14.0. The fraction of sp³-hybridized carbons (Fsp3) is 0.294. The predicted octanol–water partition coefficient (Wildman–Crippen LogP) is 1.93. The number of ether oxygens (including phenoxy) is 1. The van der Waals surface area contributed by atoms with E-state index in [0.29, 0.717) is 23.9 Å². The van der Waals surface area contributed by atoms with E-state index >= 15 is 0 Å². The average molecular weight is 386 g/mol. The summed E-state index contributed by atoms with van der Waals surface area (Å²) in [4.78, 5) is 18.2. The van der Waals surface area contributed by atoms with Crippen molar-refractivity contribution in [1.82, 2.24) is 5.32 Å². The number of benzene rings is 1. The Hall–Kier alpha value is -2.55. The van der Waals surface area contributed by atoms with Gasteiger partial charge < -0.3 is 29.8 Å². The molecule has 1 aromatic heterocycles. The fourth-order valence-corrected chi connectivity index (χ4v) is 1.85. The van der Waals surface area contributed by atoms with E-state index in [9.17, 15) is 5.11 Å². The van der Waals surface area contributed by atoms with Gasteiger partial charge in [-0.15, -0.1) is 0 Å². The molecule has 0 amide bonds. The molecule has 2 rings (SSSR count). The Kier molecular flexibility index (Phi) is 9.21. The highest BCUT2D eigenvalue weighted by atomic mass is 35.5. The number of hydrogen-bond donors (Lipinski definition) is 4. The molecule has 1 heterocycles. The largest absolute Gasteiger partial charge is 0.491 e. The van der Waals surface area contributed by atoms with Gasteiger partial charge in [0.25, 0.3) is 0 Å². The normalized spacial score (nSPS) is 11.2. The quantitative estimate of drug-likeness (QED) is 0.532. The van der Waals surface area contributed by atoms with Gasteiger partial charge in [0, 0.05) is 11.6 Å². The molecule has 142 valence electrons. The van der Waals surface area contributed by atoms with Gasteiger partial charge in [0.05, 0.1) is 12.8 Å². The van der Waals surface area contributed by atoms with E-state index in [1.807, 2.05) is 25.1 Å². The molecule has 0 radical (unpaired) electrons. The molecule has 0 aliphatic rings. The number of nitrogens with one attached hydrogen (secondary N) is 1. The highest BCUT2D eigenvalue weighted by Crippen LogP contribution is 2.21. The summed E-state index contributed by atoms with van der Waals surface area (Å²) in [5.41, 5.74) is 0.953. The van der Waals surface area contributed by atoms with Crippen molar-refractivity contribution in [3.05, 3.63) is 52.9 Å². The molecule has 1 unspecified atom stereocenters. The Balaban J connectivity index is 0.000000487. The molecule has 0 aliphatic carbocycles. The lowest BCUT2D eigenvalue weighted by Gasteiger charge is -2.13. The Morgan fingerprint density at radius 3 is 2.50 bits per heavy atom. The summed E-state index contributed by atoms with van der Waals surface area (Å²) in [5.74, 6) is -2.10. The summed E-state index contributed by atoms with van der Waals surface area (Å²) in [7, 11) is 0. The van der Waals surface area contributed by atoms with Crippen LogP contribution in [0.25, 0.3) is 0 Å². The van der Waals surface area contributed by atoms with Crippen LogP contribution in [0.5, 0.6) is 5.75 Å². The minimum absolute atomic E-state index is 0.228. The molecule has 26 heavy (non-hydrogen) atoms. The van der Waals surface area contributed by atoms with E-state index in [2.05, 4.69) is 5.32 Å². The first-order chi connectivity index (χ1) is 12.3. The van der Waals surface area contributed by atoms with E-state index in [4.69, 9.17) is 40.6 Å². The van der Waals surface area contributed by atoms with E-state index in [1.165, 1.54) is 0 Å². The van der Waals surface area contributed by atoms with Crippen LogP contribution in [-0.2, 0) is 16.1 Å². The maximum absolute atomic E-state index is 9.82. The van der Waals surface area contributed by atoms with E-state index in [1.54, 1.807) is 18.4 Å². The van der Waals surface area contributed by atoms with Gasteiger partial charge in [-0.25, -0.2) is 9.59 Å². The second kappa shape index (κ2) is 11.1. The second-order valence-electron chi connectivity index (χ2n) is 5.20. The number of aryl methyl sites for hydroxylation is 1. The van der Waals surface area contributed by atoms with Crippen molar-refractivity contribution >= 4 is 23.5 Å². The number of aliphatic hydroxyl groups excluding tert-OH is 1. The Morgan fingerprint density at radius 2 is 1.96 bits per heavy atom. The van der Waals surface area contributed by atoms with Crippen LogP contribution >= 0.6 is 11.6 Å². The van der Waals surface area contributed by atoms with Crippen molar-refractivity contribution in [2.45, 2.75) is 19.6 Å². The minimum atomic E-state index is -1.82.